The number of ether oxygens (including phenoxy) is 1. The fourth-order valence-corrected chi connectivity index (χ4v) is 41.1. The predicted octanol–water partition coefficient (Wildman–Crippen LogP) is 9.00. The van der Waals surface area contributed by atoms with E-state index in [2.05, 4.69) is 105 Å². The Balaban J connectivity index is 2.71. The molecule has 0 fully saturated rings. The van der Waals surface area contributed by atoms with E-state index in [0.717, 1.165) is 12.2 Å². The third-order valence-electron chi connectivity index (χ3n) is 6.80. The zero-order valence-corrected chi connectivity index (χ0v) is 28.3. The fourth-order valence-electron chi connectivity index (χ4n) is 5.47. The quantitative estimate of drug-likeness (QED) is 0.296. The van der Waals surface area contributed by atoms with Gasteiger partial charge in [0.1, 0.15) is 0 Å². The van der Waals surface area contributed by atoms with Gasteiger partial charge in [0.2, 0.25) is 0 Å². The van der Waals surface area contributed by atoms with Crippen molar-refractivity contribution in [3.8, 4) is 5.75 Å². The van der Waals surface area contributed by atoms with Gasteiger partial charge in [-0.3, -0.25) is 0 Å². The van der Waals surface area contributed by atoms with Crippen molar-refractivity contribution in [2.24, 2.45) is 0 Å². The first-order valence-electron chi connectivity index (χ1n) is 12.5. The topological polar surface area (TPSA) is 9.23 Å². The maximum atomic E-state index is 6.15. The first-order valence-corrected chi connectivity index (χ1v) is 25.3. The fraction of sp³-hybridized carbons (Fsp3) is 0.643. The molecule has 0 amide bonds. The van der Waals surface area contributed by atoms with E-state index in [0.29, 0.717) is 0 Å². The first kappa shape index (κ1) is 28.3. The Labute approximate surface area is 212 Å². The molecule has 0 aromatic heterocycles. The van der Waals surface area contributed by atoms with Crippen LogP contribution in [0.4, 0.5) is 0 Å². The van der Waals surface area contributed by atoms with Gasteiger partial charge in [0.25, 0.3) is 0 Å². The van der Waals surface area contributed by atoms with E-state index >= 15 is 0 Å². The van der Waals surface area contributed by atoms with Crippen molar-refractivity contribution in [2.45, 2.75) is 104 Å². The van der Waals surface area contributed by atoms with Crippen LogP contribution >= 0.6 is 0 Å². The van der Waals surface area contributed by atoms with Gasteiger partial charge in [-0.1, -0.05) is 0 Å². The number of methoxy groups -OCH3 is 1. The van der Waals surface area contributed by atoms with Crippen LogP contribution < -0.4 is 4.74 Å². The first-order chi connectivity index (χ1) is 14.4. The van der Waals surface area contributed by atoms with Gasteiger partial charge in [-0.2, -0.15) is 0 Å². The number of hydrogen-bond acceptors (Lipinski definition) is 1. The standard InChI is InChI=1S/C20H27O.2C4H11Si.Y/c1-14-12-16(19(2,3)4)18(21-7)17(13-14)20(5,6)15-10-8-9-11-15;2*1-5(2,3)4;/h8-9,12-13H,10H2,1-7H3;2*1H2,2-4H3;. The Morgan fingerprint density at radius 2 is 1.38 bits per heavy atom. The molecule has 1 aliphatic rings. The third-order valence-corrected chi connectivity index (χ3v) is 39.1. The average molecular weight is 547 g/mol. The van der Waals surface area contributed by atoms with Gasteiger partial charge < -0.3 is 0 Å². The number of rotatable bonds is 8. The van der Waals surface area contributed by atoms with Crippen molar-refractivity contribution >= 4 is 16.1 Å². The van der Waals surface area contributed by atoms with Gasteiger partial charge >= 0.3 is 214 Å². The Hall–Kier alpha value is 0.0377. The molecule has 2 rings (SSSR count). The van der Waals surface area contributed by atoms with E-state index in [4.69, 9.17) is 4.74 Å². The third kappa shape index (κ3) is 7.03. The summed E-state index contributed by atoms with van der Waals surface area (Å²) < 4.78 is 11.2. The van der Waals surface area contributed by atoms with Crippen LogP contribution in [0.25, 0.3) is 0 Å². The van der Waals surface area contributed by atoms with Crippen molar-refractivity contribution in [1.82, 2.24) is 0 Å². The summed E-state index contributed by atoms with van der Waals surface area (Å²) in [5.41, 5.74) is 5.82. The number of benzene rings is 1. The molecule has 0 aliphatic heterocycles. The molecule has 0 atom stereocenters. The van der Waals surface area contributed by atoms with Crippen molar-refractivity contribution < 1.29 is 32.2 Å². The van der Waals surface area contributed by atoms with Crippen molar-refractivity contribution in [2.75, 3.05) is 7.11 Å². The average Bonchev–Trinajstić information content (AvgIpc) is 3.07. The molecule has 0 heterocycles. The van der Waals surface area contributed by atoms with E-state index in [1.165, 1.54) is 16.7 Å². The van der Waals surface area contributed by atoms with Crippen LogP contribution in [0.5, 0.6) is 5.75 Å². The molecule has 1 aromatic carbocycles. The van der Waals surface area contributed by atoms with Crippen LogP contribution in [0.15, 0.2) is 32.2 Å². The zero-order chi connectivity index (χ0) is 24.7. The van der Waals surface area contributed by atoms with E-state index in [9.17, 15) is 0 Å². The molecule has 1 aromatic rings. The van der Waals surface area contributed by atoms with Crippen molar-refractivity contribution in [1.29, 1.82) is 0 Å². The molecule has 178 valence electrons. The molecule has 0 radical (unpaired) electrons. The molecule has 1 nitrogen and oxygen atoms in total. The number of aryl methyl sites for hydroxylation is 1. The van der Waals surface area contributed by atoms with Gasteiger partial charge in [-0.15, -0.1) is 0 Å². The zero-order valence-electron chi connectivity index (χ0n) is 23.4. The van der Waals surface area contributed by atoms with Gasteiger partial charge in [0.15, 0.2) is 0 Å². The summed E-state index contributed by atoms with van der Waals surface area (Å²) in [7, 11) is -0.325. The molecular weight excluding hydrogens is 497 g/mol. The van der Waals surface area contributed by atoms with Crippen LogP contribution in [0, 0.1) is 6.92 Å². The second kappa shape index (κ2) is 9.96. The molecule has 0 bridgehead atoms. The van der Waals surface area contributed by atoms with E-state index in [1.54, 1.807) is 11.3 Å². The van der Waals surface area contributed by atoms with E-state index < -0.39 is 43.6 Å². The van der Waals surface area contributed by atoms with Gasteiger partial charge in [-0.25, -0.2) is 0 Å². The van der Waals surface area contributed by atoms with Crippen LogP contribution in [-0.4, -0.2) is 23.3 Å². The molecule has 0 N–H and O–H groups in total. The van der Waals surface area contributed by atoms with E-state index in [1.807, 2.05) is 9.49 Å². The van der Waals surface area contributed by atoms with Crippen LogP contribution in [0.1, 0.15) is 57.7 Å². The molecule has 1 aliphatic carbocycles. The summed E-state index contributed by atoms with van der Waals surface area (Å²) in [4.78, 5) is 0. The minimum absolute atomic E-state index is 0.00968. The normalized spacial score (nSPS) is 15.5. The van der Waals surface area contributed by atoms with Crippen LogP contribution in [0.3, 0.4) is 0 Å². The minimum atomic E-state index is -1.90. The number of allylic oxidation sites excluding steroid dienone is 4. The summed E-state index contributed by atoms with van der Waals surface area (Å²) in [5.74, 6) is 1.11. The molecule has 0 unspecified atom stereocenters. The molecular formula is C28H49OSi2Y. The summed E-state index contributed by atoms with van der Waals surface area (Å²) in [5, 5.41) is 0. The van der Waals surface area contributed by atoms with E-state index in [-0.39, 0.29) is 10.8 Å². The molecule has 0 spiro atoms. The van der Waals surface area contributed by atoms with Crippen LogP contribution in [-0.2, 0) is 38.3 Å². The Bertz CT molecular complexity index is 874. The maximum absolute atomic E-state index is 6.15. The molecule has 0 saturated carbocycles. The summed E-state index contributed by atoms with van der Waals surface area (Å²) in [6, 6.07) is 4.73. The molecule has 0 saturated heterocycles. The van der Waals surface area contributed by atoms with Gasteiger partial charge in [0, 0.05) is 0 Å². The van der Waals surface area contributed by atoms with Crippen molar-refractivity contribution in [3.63, 3.8) is 0 Å². The SMILES string of the molecule is COc1c(C(C)(C)C)cc(C)cc1C(C)(C)C1=[C]([Y]([CH2][Si](C)(C)C)[CH2][Si](C)(C)C)C=CC1. The van der Waals surface area contributed by atoms with Crippen LogP contribution in [0.2, 0.25) is 45.0 Å². The predicted molar refractivity (Wildman–Crippen MR) is 147 cm³/mol. The Morgan fingerprint density at radius 1 is 0.875 bits per heavy atom. The van der Waals surface area contributed by atoms with Gasteiger partial charge in [0.05, 0.1) is 0 Å². The number of hydrogen-bond donors (Lipinski definition) is 0. The van der Waals surface area contributed by atoms with Crippen molar-refractivity contribution in [3.05, 3.63) is 48.9 Å². The Morgan fingerprint density at radius 3 is 1.81 bits per heavy atom. The van der Waals surface area contributed by atoms with Gasteiger partial charge in [-0.05, 0) is 0 Å². The molecule has 4 heteroatoms. The summed E-state index contributed by atoms with van der Waals surface area (Å²) in [6.07, 6.45) is 6.16. The second-order valence-electron chi connectivity index (χ2n) is 14.0. The molecule has 32 heavy (non-hydrogen) atoms. The second-order valence-corrected chi connectivity index (χ2v) is 36.1. The Kier molecular flexibility index (Phi) is 8.80. The summed E-state index contributed by atoms with van der Waals surface area (Å²) >= 11 is -1.90. The monoisotopic (exact) mass is 546 g/mol. The summed E-state index contributed by atoms with van der Waals surface area (Å²) in [6.45, 7) is 29.6.